The molecule has 3 rings (SSSR count). The minimum Gasteiger partial charge on any atom is -0.382 e. The molecule has 3 aromatic rings. The average Bonchev–Trinajstić information content (AvgIpc) is 2.82. The van der Waals surface area contributed by atoms with Crippen molar-refractivity contribution in [2.75, 3.05) is 5.73 Å². The van der Waals surface area contributed by atoms with Crippen molar-refractivity contribution in [2.24, 2.45) is 7.05 Å². The lowest BCUT2D eigenvalue weighted by Gasteiger charge is -2.03. The first-order valence-electron chi connectivity index (χ1n) is 5.26. The summed E-state index contributed by atoms with van der Waals surface area (Å²) in [5.74, 6) is 0.464. The third kappa shape index (κ3) is 1.37. The van der Waals surface area contributed by atoms with Crippen molar-refractivity contribution in [2.45, 2.75) is 6.92 Å². The molecule has 0 saturated heterocycles. The van der Waals surface area contributed by atoms with Gasteiger partial charge < -0.3 is 5.73 Å². The van der Waals surface area contributed by atoms with Crippen LogP contribution in [-0.2, 0) is 7.05 Å². The van der Waals surface area contributed by atoms with Crippen LogP contribution in [0.5, 0.6) is 0 Å². The van der Waals surface area contributed by atoms with Crippen molar-refractivity contribution in [3.8, 4) is 11.3 Å². The van der Waals surface area contributed by atoms with Gasteiger partial charge in [0.1, 0.15) is 5.82 Å². The van der Waals surface area contributed by atoms with E-state index in [4.69, 9.17) is 5.73 Å². The van der Waals surface area contributed by atoms with Crippen molar-refractivity contribution in [1.29, 1.82) is 0 Å². The highest BCUT2D eigenvalue weighted by atomic mass is 15.3. The number of nitrogens with zero attached hydrogens (tertiary/aromatic N) is 5. The molecule has 0 fully saturated rings. The van der Waals surface area contributed by atoms with Gasteiger partial charge in [0.2, 0.25) is 0 Å². The fraction of sp³-hybridized carbons (Fsp3) is 0.182. The Labute approximate surface area is 97.7 Å². The van der Waals surface area contributed by atoms with E-state index in [-0.39, 0.29) is 0 Å². The molecular weight excluding hydrogens is 216 g/mol. The topological polar surface area (TPSA) is 74.0 Å². The molecule has 0 bridgehead atoms. The third-order valence-corrected chi connectivity index (χ3v) is 2.89. The van der Waals surface area contributed by atoms with Crippen molar-refractivity contribution < 1.29 is 0 Å². The van der Waals surface area contributed by atoms with Gasteiger partial charge in [0.25, 0.3) is 0 Å². The normalized spacial score (nSPS) is 11.2. The van der Waals surface area contributed by atoms with E-state index in [2.05, 4.69) is 15.2 Å². The molecular formula is C11H12N6. The number of rotatable bonds is 1. The summed E-state index contributed by atoms with van der Waals surface area (Å²) in [5, 5.41) is 8.46. The number of aryl methyl sites for hydroxylation is 1. The maximum absolute atomic E-state index is 5.69. The van der Waals surface area contributed by atoms with Gasteiger partial charge in [-0.3, -0.25) is 4.68 Å². The summed E-state index contributed by atoms with van der Waals surface area (Å²) < 4.78 is 3.56. The molecule has 0 radical (unpaired) electrons. The summed E-state index contributed by atoms with van der Waals surface area (Å²) >= 11 is 0. The molecule has 0 aliphatic heterocycles. The molecule has 0 aromatic carbocycles. The van der Waals surface area contributed by atoms with Gasteiger partial charge in [0, 0.05) is 30.6 Å². The molecule has 6 heteroatoms. The predicted molar refractivity (Wildman–Crippen MR) is 64.3 cm³/mol. The Hall–Kier alpha value is -2.37. The van der Waals surface area contributed by atoms with Gasteiger partial charge >= 0.3 is 0 Å². The molecule has 0 spiro atoms. The van der Waals surface area contributed by atoms with Crippen LogP contribution in [-0.4, -0.2) is 24.4 Å². The largest absolute Gasteiger partial charge is 0.382 e. The standard InChI is InChI=1S/C11H12N6/c1-7-8(6-14-16(7)2)9-3-4-13-11-5-10(12)15-17(9)11/h3-6H,1-2H3,(H2,12,15). The van der Waals surface area contributed by atoms with Crippen LogP contribution < -0.4 is 5.73 Å². The van der Waals surface area contributed by atoms with Crippen LogP contribution in [0.25, 0.3) is 16.9 Å². The predicted octanol–water partition coefficient (Wildman–Crippen LogP) is 1.02. The van der Waals surface area contributed by atoms with Gasteiger partial charge in [-0.2, -0.15) is 5.10 Å². The van der Waals surface area contributed by atoms with E-state index in [1.807, 2.05) is 30.9 Å². The number of nitrogens with two attached hydrogens (primary N) is 1. The highest BCUT2D eigenvalue weighted by Crippen LogP contribution is 2.23. The van der Waals surface area contributed by atoms with Crippen LogP contribution in [0.3, 0.4) is 0 Å². The van der Waals surface area contributed by atoms with Crippen molar-refractivity contribution in [1.82, 2.24) is 24.4 Å². The second-order valence-corrected chi connectivity index (χ2v) is 3.94. The second kappa shape index (κ2) is 3.31. The fourth-order valence-electron chi connectivity index (χ4n) is 1.87. The first-order valence-corrected chi connectivity index (χ1v) is 5.26. The van der Waals surface area contributed by atoms with Crippen molar-refractivity contribution in [3.63, 3.8) is 0 Å². The molecule has 0 aliphatic carbocycles. The quantitative estimate of drug-likeness (QED) is 0.674. The minimum atomic E-state index is 0.464. The molecule has 0 unspecified atom stereocenters. The number of nitrogen functional groups attached to an aromatic ring is 1. The molecule has 3 aromatic heterocycles. The van der Waals surface area contributed by atoms with Crippen molar-refractivity contribution in [3.05, 3.63) is 30.2 Å². The number of anilines is 1. The van der Waals surface area contributed by atoms with Crippen LogP contribution in [0.4, 0.5) is 5.82 Å². The second-order valence-electron chi connectivity index (χ2n) is 3.94. The number of fused-ring (bicyclic) bond motifs is 1. The van der Waals surface area contributed by atoms with Gasteiger partial charge in [0.05, 0.1) is 11.9 Å². The van der Waals surface area contributed by atoms with Crippen LogP contribution >= 0.6 is 0 Å². The van der Waals surface area contributed by atoms with Crippen LogP contribution in [0.2, 0.25) is 0 Å². The van der Waals surface area contributed by atoms with E-state index in [0.29, 0.717) is 5.82 Å². The first kappa shape index (κ1) is 9.83. The Bertz CT molecular complexity index is 693. The number of aromatic nitrogens is 5. The highest BCUT2D eigenvalue weighted by molar-refractivity contribution is 5.65. The molecule has 0 aliphatic rings. The van der Waals surface area contributed by atoms with Gasteiger partial charge in [0.15, 0.2) is 5.65 Å². The lowest BCUT2D eigenvalue weighted by Crippen LogP contribution is -1.98. The van der Waals surface area contributed by atoms with E-state index in [9.17, 15) is 0 Å². The summed E-state index contributed by atoms with van der Waals surface area (Å²) in [7, 11) is 1.91. The Balaban J connectivity index is 2.33. The molecule has 6 nitrogen and oxygen atoms in total. The van der Waals surface area contributed by atoms with Crippen LogP contribution in [0.1, 0.15) is 5.69 Å². The van der Waals surface area contributed by atoms with Crippen LogP contribution in [0.15, 0.2) is 24.5 Å². The lowest BCUT2D eigenvalue weighted by molar-refractivity contribution is 0.740. The van der Waals surface area contributed by atoms with E-state index in [1.165, 1.54) is 0 Å². The van der Waals surface area contributed by atoms with Crippen LogP contribution in [0, 0.1) is 6.92 Å². The fourth-order valence-corrected chi connectivity index (χ4v) is 1.87. The summed E-state index contributed by atoms with van der Waals surface area (Å²) in [6.45, 7) is 2.02. The minimum absolute atomic E-state index is 0.464. The Kier molecular flexibility index (Phi) is 1.91. The molecule has 17 heavy (non-hydrogen) atoms. The summed E-state index contributed by atoms with van der Waals surface area (Å²) in [6.07, 6.45) is 3.57. The average molecular weight is 228 g/mol. The molecule has 0 saturated carbocycles. The number of hydrogen-bond donors (Lipinski definition) is 1. The van der Waals surface area contributed by atoms with E-state index in [0.717, 1.165) is 22.6 Å². The van der Waals surface area contributed by atoms with E-state index < -0.39 is 0 Å². The maximum Gasteiger partial charge on any atom is 0.157 e. The smallest absolute Gasteiger partial charge is 0.157 e. The third-order valence-electron chi connectivity index (χ3n) is 2.89. The Morgan fingerprint density at radius 2 is 2.18 bits per heavy atom. The maximum atomic E-state index is 5.69. The van der Waals surface area contributed by atoms with E-state index in [1.54, 1.807) is 16.8 Å². The Morgan fingerprint density at radius 1 is 1.35 bits per heavy atom. The zero-order chi connectivity index (χ0) is 12.0. The summed E-state index contributed by atoms with van der Waals surface area (Å²) in [5.41, 5.74) is 9.48. The lowest BCUT2D eigenvalue weighted by atomic mass is 10.2. The zero-order valence-corrected chi connectivity index (χ0v) is 9.62. The molecule has 0 amide bonds. The Morgan fingerprint density at radius 3 is 2.88 bits per heavy atom. The van der Waals surface area contributed by atoms with Gasteiger partial charge in [-0.05, 0) is 13.0 Å². The van der Waals surface area contributed by atoms with Gasteiger partial charge in [-0.1, -0.05) is 0 Å². The summed E-state index contributed by atoms with van der Waals surface area (Å²) in [4.78, 5) is 4.22. The summed E-state index contributed by atoms with van der Waals surface area (Å²) in [6, 6.07) is 3.65. The highest BCUT2D eigenvalue weighted by Gasteiger charge is 2.11. The van der Waals surface area contributed by atoms with Gasteiger partial charge in [-0.15, -0.1) is 5.10 Å². The van der Waals surface area contributed by atoms with Crippen molar-refractivity contribution >= 4 is 11.5 Å². The molecule has 86 valence electrons. The number of hydrogen-bond acceptors (Lipinski definition) is 4. The molecule has 3 heterocycles. The monoisotopic (exact) mass is 228 g/mol. The van der Waals surface area contributed by atoms with Gasteiger partial charge in [-0.25, -0.2) is 9.50 Å². The molecule has 2 N–H and O–H groups in total. The van der Waals surface area contributed by atoms with E-state index >= 15 is 0 Å². The zero-order valence-electron chi connectivity index (χ0n) is 9.62. The first-order chi connectivity index (χ1) is 8.16. The SMILES string of the molecule is Cc1c(-c2ccnc3cc(N)nn23)cnn1C. The molecule has 0 atom stereocenters.